The summed E-state index contributed by atoms with van der Waals surface area (Å²) >= 11 is 3.56. The molecule has 0 fully saturated rings. The fraction of sp³-hybridized carbons (Fsp3) is 0.357. The molecule has 4 nitrogen and oxygen atoms in total. The van der Waals surface area contributed by atoms with Crippen molar-refractivity contribution in [3.05, 3.63) is 52.3 Å². The van der Waals surface area contributed by atoms with Gasteiger partial charge in [-0.1, -0.05) is 34.1 Å². The van der Waals surface area contributed by atoms with Crippen LogP contribution >= 0.6 is 15.9 Å². The fourth-order valence-electron chi connectivity index (χ4n) is 2.00. The van der Waals surface area contributed by atoms with Gasteiger partial charge in [-0.25, -0.2) is 0 Å². The molecular formula is C14H19BrN4. The molecule has 5 heteroatoms. The molecule has 102 valence electrons. The summed E-state index contributed by atoms with van der Waals surface area (Å²) in [5.41, 5.74) is 5.04. The molecule has 0 spiro atoms. The normalized spacial score (nSPS) is 12.9. The predicted octanol–water partition coefficient (Wildman–Crippen LogP) is 2.97. The van der Waals surface area contributed by atoms with Crippen LogP contribution in [0.5, 0.6) is 0 Å². The van der Waals surface area contributed by atoms with Crippen molar-refractivity contribution in [2.45, 2.75) is 32.4 Å². The van der Waals surface area contributed by atoms with E-state index in [1.807, 2.05) is 35.1 Å². The molecule has 1 aromatic carbocycles. The molecule has 0 radical (unpaired) electrons. The van der Waals surface area contributed by atoms with Crippen molar-refractivity contribution in [3.8, 4) is 0 Å². The van der Waals surface area contributed by atoms with Gasteiger partial charge in [0.1, 0.15) is 0 Å². The Morgan fingerprint density at radius 1 is 1.32 bits per heavy atom. The number of aromatic nitrogens is 2. The average molecular weight is 323 g/mol. The van der Waals surface area contributed by atoms with Gasteiger partial charge >= 0.3 is 0 Å². The maximum absolute atomic E-state index is 5.68. The maximum Gasteiger partial charge on any atom is 0.0644 e. The fourth-order valence-corrected chi connectivity index (χ4v) is 2.56. The zero-order valence-corrected chi connectivity index (χ0v) is 12.8. The van der Waals surface area contributed by atoms with E-state index < -0.39 is 0 Å². The molecule has 0 aliphatic carbocycles. The molecule has 1 unspecified atom stereocenters. The van der Waals surface area contributed by atoms with Crippen molar-refractivity contribution < 1.29 is 0 Å². The van der Waals surface area contributed by atoms with Gasteiger partial charge in [-0.05, 0) is 31.5 Å². The van der Waals surface area contributed by atoms with E-state index in [2.05, 4.69) is 46.4 Å². The van der Waals surface area contributed by atoms with Gasteiger partial charge in [0.15, 0.2) is 0 Å². The van der Waals surface area contributed by atoms with Crippen LogP contribution in [0.1, 0.15) is 37.2 Å². The number of nitrogens with one attached hydrogen (secondary N) is 1. The van der Waals surface area contributed by atoms with Gasteiger partial charge in [-0.2, -0.15) is 5.10 Å². The van der Waals surface area contributed by atoms with Gasteiger partial charge in [0.25, 0.3) is 0 Å². The molecule has 0 amide bonds. The van der Waals surface area contributed by atoms with E-state index in [0.29, 0.717) is 6.04 Å². The Morgan fingerprint density at radius 3 is 2.63 bits per heavy atom. The first kappa shape index (κ1) is 14.2. The number of rotatable bonds is 5. The molecule has 19 heavy (non-hydrogen) atoms. The number of benzene rings is 1. The summed E-state index contributed by atoms with van der Waals surface area (Å²) in [5, 5.41) is 4.56. The number of halogens is 1. The highest BCUT2D eigenvalue weighted by atomic mass is 79.9. The molecular weight excluding hydrogens is 304 g/mol. The van der Waals surface area contributed by atoms with Gasteiger partial charge in [0.2, 0.25) is 0 Å². The van der Waals surface area contributed by atoms with Gasteiger partial charge in [0.05, 0.1) is 11.7 Å². The summed E-state index contributed by atoms with van der Waals surface area (Å²) < 4.78 is 3.02. The minimum Gasteiger partial charge on any atom is -0.271 e. The standard InChI is InChI=1S/C14H19BrN4/c1-10(2)19-8-7-11(18-19)9-14(17-16)12-5-3-4-6-13(12)15/h3-8,10,14,17H,9,16H2,1-2H3. The third-order valence-corrected chi connectivity index (χ3v) is 3.81. The summed E-state index contributed by atoms with van der Waals surface area (Å²) in [4.78, 5) is 0. The summed E-state index contributed by atoms with van der Waals surface area (Å²) in [6.07, 6.45) is 2.77. The van der Waals surface area contributed by atoms with Gasteiger partial charge in [-0.15, -0.1) is 0 Å². The highest BCUT2D eigenvalue weighted by Crippen LogP contribution is 2.25. The van der Waals surface area contributed by atoms with Crippen LogP contribution in [0.3, 0.4) is 0 Å². The van der Waals surface area contributed by atoms with Gasteiger partial charge < -0.3 is 0 Å². The van der Waals surface area contributed by atoms with Crippen LogP contribution in [0, 0.1) is 0 Å². The third kappa shape index (κ3) is 3.43. The zero-order valence-electron chi connectivity index (χ0n) is 11.2. The minimum absolute atomic E-state index is 0.0473. The Morgan fingerprint density at radius 2 is 2.05 bits per heavy atom. The van der Waals surface area contributed by atoms with Crippen molar-refractivity contribution >= 4 is 15.9 Å². The van der Waals surface area contributed by atoms with Crippen LogP contribution in [0.2, 0.25) is 0 Å². The maximum atomic E-state index is 5.68. The molecule has 3 N–H and O–H groups in total. The summed E-state index contributed by atoms with van der Waals surface area (Å²) in [6.45, 7) is 4.23. The highest BCUT2D eigenvalue weighted by Gasteiger charge is 2.15. The van der Waals surface area contributed by atoms with E-state index in [-0.39, 0.29) is 6.04 Å². The predicted molar refractivity (Wildman–Crippen MR) is 80.5 cm³/mol. The van der Waals surface area contributed by atoms with Crippen molar-refractivity contribution in [2.24, 2.45) is 5.84 Å². The lowest BCUT2D eigenvalue weighted by atomic mass is 10.0. The monoisotopic (exact) mass is 322 g/mol. The summed E-state index contributed by atoms with van der Waals surface area (Å²) in [6, 6.07) is 10.6. The molecule has 0 bridgehead atoms. The first-order valence-corrected chi connectivity index (χ1v) is 7.15. The highest BCUT2D eigenvalue weighted by molar-refractivity contribution is 9.10. The number of hydrogen-bond donors (Lipinski definition) is 2. The Bertz CT molecular complexity index is 536. The largest absolute Gasteiger partial charge is 0.271 e. The lowest BCUT2D eigenvalue weighted by Gasteiger charge is -2.16. The Kier molecular flexibility index (Phi) is 4.74. The minimum atomic E-state index is 0.0473. The molecule has 0 aliphatic heterocycles. The van der Waals surface area contributed by atoms with E-state index in [1.165, 1.54) is 0 Å². The first-order chi connectivity index (χ1) is 9.11. The van der Waals surface area contributed by atoms with Crippen LogP contribution in [0.25, 0.3) is 0 Å². The second kappa shape index (κ2) is 6.32. The van der Waals surface area contributed by atoms with E-state index in [9.17, 15) is 0 Å². The molecule has 2 rings (SSSR count). The quantitative estimate of drug-likeness (QED) is 0.657. The zero-order chi connectivity index (χ0) is 13.8. The third-order valence-electron chi connectivity index (χ3n) is 3.09. The van der Waals surface area contributed by atoms with E-state index in [1.54, 1.807) is 0 Å². The summed E-state index contributed by atoms with van der Waals surface area (Å²) in [7, 11) is 0. The molecule has 2 aromatic rings. The second-order valence-electron chi connectivity index (χ2n) is 4.83. The van der Waals surface area contributed by atoms with E-state index in [4.69, 9.17) is 5.84 Å². The van der Waals surface area contributed by atoms with Crippen molar-refractivity contribution in [3.63, 3.8) is 0 Å². The van der Waals surface area contributed by atoms with Crippen LogP contribution in [-0.4, -0.2) is 9.78 Å². The van der Waals surface area contributed by atoms with Gasteiger partial charge in [0, 0.05) is 23.1 Å². The smallest absolute Gasteiger partial charge is 0.0644 e. The summed E-state index contributed by atoms with van der Waals surface area (Å²) in [5.74, 6) is 5.68. The Hall–Kier alpha value is -1.17. The van der Waals surface area contributed by atoms with Gasteiger partial charge in [-0.3, -0.25) is 16.0 Å². The Labute approximate surface area is 122 Å². The Balaban J connectivity index is 2.17. The van der Waals surface area contributed by atoms with Crippen LogP contribution in [0.15, 0.2) is 41.0 Å². The lowest BCUT2D eigenvalue weighted by Crippen LogP contribution is -2.30. The molecule has 1 atom stereocenters. The van der Waals surface area contributed by atoms with Crippen molar-refractivity contribution in [1.29, 1.82) is 0 Å². The first-order valence-electron chi connectivity index (χ1n) is 6.36. The molecule has 0 saturated heterocycles. The topological polar surface area (TPSA) is 55.9 Å². The van der Waals surface area contributed by atoms with E-state index in [0.717, 1.165) is 22.2 Å². The van der Waals surface area contributed by atoms with Crippen molar-refractivity contribution in [2.75, 3.05) is 0 Å². The number of hydrogen-bond acceptors (Lipinski definition) is 3. The number of nitrogens with zero attached hydrogens (tertiary/aromatic N) is 2. The number of nitrogens with two attached hydrogens (primary N) is 1. The molecule has 1 aromatic heterocycles. The van der Waals surface area contributed by atoms with Crippen LogP contribution < -0.4 is 11.3 Å². The van der Waals surface area contributed by atoms with Crippen LogP contribution in [0.4, 0.5) is 0 Å². The molecule has 1 heterocycles. The molecule has 0 aliphatic rings. The average Bonchev–Trinajstić information content (AvgIpc) is 2.86. The van der Waals surface area contributed by atoms with E-state index >= 15 is 0 Å². The SMILES string of the molecule is CC(C)n1ccc(CC(NN)c2ccccc2Br)n1. The van der Waals surface area contributed by atoms with Crippen LogP contribution in [-0.2, 0) is 6.42 Å². The van der Waals surface area contributed by atoms with Crippen molar-refractivity contribution in [1.82, 2.24) is 15.2 Å². The lowest BCUT2D eigenvalue weighted by molar-refractivity contribution is 0.506. The number of hydrazine groups is 1. The molecule has 0 saturated carbocycles. The second-order valence-corrected chi connectivity index (χ2v) is 5.68.